The summed E-state index contributed by atoms with van der Waals surface area (Å²) in [6.45, 7) is 9.15. The van der Waals surface area contributed by atoms with Crippen LogP contribution in [0.4, 0.5) is 0 Å². The zero-order valence-corrected chi connectivity index (χ0v) is 14.0. The predicted octanol–water partition coefficient (Wildman–Crippen LogP) is 3.13. The van der Waals surface area contributed by atoms with Gasteiger partial charge in [-0.1, -0.05) is 38.4 Å². The lowest BCUT2D eigenvalue weighted by Gasteiger charge is -2.19. The van der Waals surface area contributed by atoms with Crippen molar-refractivity contribution in [2.75, 3.05) is 6.54 Å². The standard InChI is InChI=1S/C16H25ClN2O2/c1-5-9-18-16(20)12(4)21-15-8-6-7-14(17)13(15)10-19-11(2)3/h6-8,11-12,19H,5,9-10H2,1-4H3,(H,18,20). The topological polar surface area (TPSA) is 50.4 Å². The lowest BCUT2D eigenvalue weighted by Crippen LogP contribution is -2.37. The van der Waals surface area contributed by atoms with Gasteiger partial charge in [-0.05, 0) is 25.5 Å². The normalized spacial score (nSPS) is 12.3. The Balaban J connectivity index is 2.77. The molecule has 0 aliphatic carbocycles. The summed E-state index contributed by atoms with van der Waals surface area (Å²) >= 11 is 6.24. The number of carbonyl (C=O) groups excluding carboxylic acids is 1. The van der Waals surface area contributed by atoms with Crippen molar-refractivity contribution in [2.24, 2.45) is 0 Å². The third kappa shape index (κ3) is 5.94. The number of rotatable bonds is 8. The summed E-state index contributed by atoms with van der Waals surface area (Å²) in [5.41, 5.74) is 0.878. The minimum Gasteiger partial charge on any atom is -0.481 e. The van der Waals surface area contributed by atoms with Crippen molar-refractivity contribution in [1.82, 2.24) is 10.6 Å². The van der Waals surface area contributed by atoms with Crippen molar-refractivity contribution in [3.8, 4) is 5.75 Å². The van der Waals surface area contributed by atoms with E-state index in [0.29, 0.717) is 29.9 Å². The first-order valence-electron chi connectivity index (χ1n) is 7.40. The van der Waals surface area contributed by atoms with E-state index in [-0.39, 0.29) is 5.91 Å². The fourth-order valence-corrected chi connectivity index (χ4v) is 2.00. The Hall–Kier alpha value is -1.26. The van der Waals surface area contributed by atoms with Gasteiger partial charge in [0.25, 0.3) is 5.91 Å². The largest absolute Gasteiger partial charge is 0.481 e. The first-order chi connectivity index (χ1) is 9.95. The van der Waals surface area contributed by atoms with E-state index in [0.717, 1.165) is 12.0 Å². The highest BCUT2D eigenvalue weighted by Gasteiger charge is 2.17. The maximum Gasteiger partial charge on any atom is 0.260 e. The molecular formula is C16H25ClN2O2. The summed E-state index contributed by atoms with van der Waals surface area (Å²) in [6.07, 6.45) is 0.354. The molecule has 0 saturated carbocycles. The van der Waals surface area contributed by atoms with Gasteiger partial charge in [0.1, 0.15) is 5.75 Å². The SMILES string of the molecule is CCCNC(=O)C(C)Oc1cccc(Cl)c1CNC(C)C. The number of hydrogen-bond donors (Lipinski definition) is 2. The zero-order valence-electron chi connectivity index (χ0n) is 13.2. The van der Waals surface area contributed by atoms with Crippen molar-refractivity contribution < 1.29 is 9.53 Å². The van der Waals surface area contributed by atoms with Gasteiger partial charge in [0.15, 0.2) is 6.10 Å². The molecule has 0 aromatic heterocycles. The summed E-state index contributed by atoms with van der Waals surface area (Å²) in [6, 6.07) is 5.84. The van der Waals surface area contributed by atoms with Crippen LogP contribution < -0.4 is 15.4 Å². The third-order valence-corrected chi connectivity index (χ3v) is 3.34. The van der Waals surface area contributed by atoms with Crippen molar-refractivity contribution in [1.29, 1.82) is 0 Å². The second kappa shape index (κ2) is 8.90. The second-order valence-electron chi connectivity index (χ2n) is 5.30. The average molecular weight is 313 g/mol. The Morgan fingerprint density at radius 2 is 2.05 bits per heavy atom. The minimum absolute atomic E-state index is 0.111. The lowest BCUT2D eigenvalue weighted by atomic mass is 10.2. The molecule has 0 saturated heterocycles. The Morgan fingerprint density at radius 3 is 2.67 bits per heavy atom. The Labute approximate surface area is 132 Å². The summed E-state index contributed by atoms with van der Waals surface area (Å²) in [7, 11) is 0. The van der Waals surface area contributed by atoms with Crippen molar-refractivity contribution in [3.05, 3.63) is 28.8 Å². The highest BCUT2D eigenvalue weighted by Crippen LogP contribution is 2.27. The van der Waals surface area contributed by atoms with Crippen molar-refractivity contribution in [2.45, 2.75) is 52.8 Å². The molecule has 1 rings (SSSR count). The van der Waals surface area contributed by atoms with Crippen LogP contribution >= 0.6 is 11.6 Å². The first kappa shape index (κ1) is 17.8. The van der Waals surface area contributed by atoms with Crippen LogP contribution in [0.25, 0.3) is 0 Å². The van der Waals surface area contributed by atoms with Crippen LogP contribution in [0.15, 0.2) is 18.2 Å². The predicted molar refractivity (Wildman–Crippen MR) is 86.8 cm³/mol. The van der Waals surface area contributed by atoms with E-state index in [1.165, 1.54) is 0 Å². The molecule has 0 heterocycles. The van der Waals surface area contributed by atoms with Crippen molar-refractivity contribution in [3.63, 3.8) is 0 Å². The molecule has 2 N–H and O–H groups in total. The van der Waals surface area contributed by atoms with E-state index in [1.54, 1.807) is 6.92 Å². The molecule has 1 atom stereocenters. The molecule has 0 bridgehead atoms. The summed E-state index contributed by atoms with van der Waals surface area (Å²) in [5, 5.41) is 6.78. The Bertz CT molecular complexity index is 464. The number of nitrogens with one attached hydrogen (secondary N) is 2. The van der Waals surface area contributed by atoms with E-state index in [1.807, 2.05) is 25.1 Å². The molecule has 1 aromatic carbocycles. The maximum absolute atomic E-state index is 11.9. The van der Waals surface area contributed by atoms with Crippen LogP contribution in [0.1, 0.15) is 39.7 Å². The van der Waals surface area contributed by atoms with Gasteiger partial charge in [0.05, 0.1) is 0 Å². The zero-order chi connectivity index (χ0) is 15.8. The summed E-state index contributed by atoms with van der Waals surface area (Å²) in [5.74, 6) is 0.536. The molecule has 118 valence electrons. The van der Waals surface area contributed by atoms with E-state index >= 15 is 0 Å². The van der Waals surface area contributed by atoms with E-state index in [2.05, 4.69) is 24.5 Å². The summed E-state index contributed by atoms with van der Waals surface area (Å²) in [4.78, 5) is 11.9. The average Bonchev–Trinajstić information content (AvgIpc) is 2.43. The number of carbonyl (C=O) groups is 1. The molecule has 0 radical (unpaired) electrons. The van der Waals surface area contributed by atoms with Crippen LogP contribution in [0.5, 0.6) is 5.75 Å². The van der Waals surface area contributed by atoms with Crippen LogP contribution in [0.2, 0.25) is 5.02 Å². The highest BCUT2D eigenvalue weighted by molar-refractivity contribution is 6.31. The molecule has 1 unspecified atom stereocenters. The van der Waals surface area contributed by atoms with Gasteiger partial charge in [-0.2, -0.15) is 0 Å². The van der Waals surface area contributed by atoms with Gasteiger partial charge >= 0.3 is 0 Å². The van der Waals surface area contributed by atoms with E-state index in [9.17, 15) is 4.79 Å². The van der Waals surface area contributed by atoms with Gasteiger partial charge in [-0.3, -0.25) is 4.79 Å². The molecule has 5 heteroatoms. The Kier molecular flexibility index (Phi) is 7.54. The van der Waals surface area contributed by atoms with Crippen LogP contribution in [-0.4, -0.2) is 24.6 Å². The van der Waals surface area contributed by atoms with Gasteiger partial charge in [0.2, 0.25) is 0 Å². The monoisotopic (exact) mass is 312 g/mol. The number of ether oxygens (including phenoxy) is 1. The molecular weight excluding hydrogens is 288 g/mol. The van der Waals surface area contributed by atoms with Gasteiger partial charge < -0.3 is 15.4 Å². The molecule has 4 nitrogen and oxygen atoms in total. The number of benzene rings is 1. The van der Waals surface area contributed by atoms with Gasteiger partial charge in [-0.15, -0.1) is 0 Å². The highest BCUT2D eigenvalue weighted by atomic mass is 35.5. The molecule has 0 spiro atoms. The molecule has 1 aromatic rings. The summed E-state index contributed by atoms with van der Waals surface area (Å²) < 4.78 is 5.78. The quantitative estimate of drug-likeness (QED) is 0.775. The maximum atomic E-state index is 11.9. The molecule has 0 aliphatic rings. The second-order valence-corrected chi connectivity index (χ2v) is 5.71. The third-order valence-electron chi connectivity index (χ3n) is 2.99. The Morgan fingerprint density at radius 1 is 1.33 bits per heavy atom. The van der Waals surface area contributed by atoms with Crippen molar-refractivity contribution >= 4 is 17.5 Å². The van der Waals surface area contributed by atoms with Crippen LogP contribution in [0.3, 0.4) is 0 Å². The number of halogens is 1. The first-order valence-corrected chi connectivity index (χ1v) is 7.78. The van der Waals surface area contributed by atoms with Crippen LogP contribution in [-0.2, 0) is 11.3 Å². The molecule has 1 amide bonds. The lowest BCUT2D eigenvalue weighted by molar-refractivity contribution is -0.127. The molecule has 0 fully saturated rings. The minimum atomic E-state index is -0.548. The molecule has 21 heavy (non-hydrogen) atoms. The number of hydrogen-bond acceptors (Lipinski definition) is 3. The fraction of sp³-hybridized carbons (Fsp3) is 0.562. The van der Waals surface area contributed by atoms with E-state index in [4.69, 9.17) is 16.3 Å². The fourth-order valence-electron chi connectivity index (χ4n) is 1.76. The number of amides is 1. The van der Waals surface area contributed by atoms with E-state index < -0.39 is 6.10 Å². The van der Waals surface area contributed by atoms with Crippen LogP contribution in [0, 0.1) is 0 Å². The van der Waals surface area contributed by atoms with Gasteiger partial charge in [0, 0.05) is 29.7 Å². The molecule has 0 aliphatic heterocycles. The smallest absolute Gasteiger partial charge is 0.260 e. The van der Waals surface area contributed by atoms with Gasteiger partial charge in [-0.25, -0.2) is 0 Å².